The lowest BCUT2D eigenvalue weighted by atomic mass is 9.93. The maximum absolute atomic E-state index is 11.8. The Bertz CT molecular complexity index is 548. The van der Waals surface area contributed by atoms with E-state index in [1.54, 1.807) is 18.2 Å². The van der Waals surface area contributed by atoms with Gasteiger partial charge in [0, 0.05) is 24.3 Å². The number of nitro groups is 1. The molecule has 0 aromatic heterocycles. The monoisotopic (exact) mass is 290 g/mol. The molecule has 21 heavy (non-hydrogen) atoms. The number of amides is 1. The highest BCUT2D eigenvalue weighted by atomic mass is 16.6. The Kier molecular flexibility index (Phi) is 5.05. The molecule has 1 aliphatic rings. The number of aliphatic hydroxyl groups excluding tert-OH is 1. The van der Waals surface area contributed by atoms with Crippen LogP contribution >= 0.6 is 0 Å². The van der Waals surface area contributed by atoms with Gasteiger partial charge in [-0.05, 0) is 37.3 Å². The Morgan fingerprint density at radius 1 is 1.33 bits per heavy atom. The Morgan fingerprint density at radius 2 is 2.05 bits per heavy atom. The third kappa shape index (κ3) is 4.68. The van der Waals surface area contributed by atoms with Gasteiger partial charge in [-0.15, -0.1) is 0 Å². The molecule has 0 saturated heterocycles. The summed E-state index contributed by atoms with van der Waals surface area (Å²) in [7, 11) is 0. The number of aliphatic hydroxyl groups is 1. The van der Waals surface area contributed by atoms with Gasteiger partial charge in [-0.25, -0.2) is 0 Å². The number of hydrogen-bond acceptors (Lipinski definition) is 4. The lowest BCUT2D eigenvalue weighted by molar-refractivity contribution is -0.384. The fraction of sp³-hybridized carbons (Fsp3) is 0.400. The molecule has 0 spiro atoms. The molecule has 0 bridgehead atoms. The summed E-state index contributed by atoms with van der Waals surface area (Å²) in [6, 6.07) is 6.20. The van der Waals surface area contributed by atoms with E-state index in [2.05, 4.69) is 5.32 Å². The fourth-order valence-electron chi connectivity index (χ4n) is 2.38. The van der Waals surface area contributed by atoms with Crippen molar-refractivity contribution in [1.82, 2.24) is 5.32 Å². The SMILES string of the molecule is O=C(C=Cc1cccc([N+](=O)[O-])c1)NC1CCC(O)CC1. The first kappa shape index (κ1) is 15.2. The zero-order chi connectivity index (χ0) is 15.2. The Hall–Kier alpha value is -2.21. The van der Waals surface area contributed by atoms with E-state index < -0.39 is 4.92 Å². The first-order valence-electron chi connectivity index (χ1n) is 6.95. The van der Waals surface area contributed by atoms with Crippen molar-refractivity contribution in [1.29, 1.82) is 0 Å². The zero-order valence-electron chi connectivity index (χ0n) is 11.6. The van der Waals surface area contributed by atoms with Crippen molar-refractivity contribution in [3.05, 3.63) is 46.0 Å². The summed E-state index contributed by atoms with van der Waals surface area (Å²) in [4.78, 5) is 22.0. The quantitative estimate of drug-likeness (QED) is 0.504. The van der Waals surface area contributed by atoms with Crippen molar-refractivity contribution >= 4 is 17.7 Å². The second kappa shape index (κ2) is 6.99. The van der Waals surface area contributed by atoms with E-state index in [1.807, 2.05) is 0 Å². The molecule has 0 radical (unpaired) electrons. The van der Waals surface area contributed by atoms with Crippen molar-refractivity contribution in [2.24, 2.45) is 0 Å². The fourth-order valence-corrected chi connectivity index (χ4v) is 2.38. The van der Waals surface area contributed by atoms with E-state index in [4.69, 9.17) is 0 Å². The third-order valence-corrected chi connectivity index (χ3v) is 3.55. The topological polar surface area (TPSA) is 92.5 Å². The van der Waals surface area contributed by atoms with Crippen LogP contribution in [-0.4, -0.2) is 28.1 Å². The minimum Gasteiger partial charge on any atom is -0.393 e. The number of benzene rings is 1. The van der Waals surface area contributed by atoms with Gasteiger partial charge in [0.2, 0.25) is 5.91 Å². The lowest BCUT2D eigenvalue weighted by Crippen LogP contribution is -2.37. The van der Waals surface area contributed by atoms with Crippen LogP contribution in [0.25, 0.3) is 6.08 Å². The Labute approximate surface area is 122 Å². The predicted octanol–water partition coefficient (Wildman–Crippen LogP) is 2.03. The standard InChI is InChI=1S/C15H18N2O4/c18-14-7-5-12(6-8-14)16-15(19)9-4-11-2-1-3-13(10-11)17(20)21/h1-4,9-10,12,14,18H,5-8H2,(H,16,19). The van der Waals surface area contributed by atoms with Gasteiger partial charge in [-0.1, -0.05) is 12.1 Å². The molecule has 6 heteroatoms. The maximum atomic E-state index is 11.8. The van der Waals surface area contributed by atoms with Gasteiger partial charge in [0.05, 0.1) is 11.0 Å². The molecule has 0 atom stereocenters. The van der Waals surface area contributed by atoms with Crippen LogP contribution in [-0.2, 0) is 4.79 Å². The van der Waals surface area contributed by atoms with E-state index in [-0.39, 0.29) is 23.7 Å². The Morgan fingerprint density at radius 3 is 2.71 bits per heavy atom. The normalized spacial score (nSPS) is 22.1. The van der Waals surface area contributed by atoms with Crippen LogP contribution in [0.2, 0.25) is 0 Å². The van der Waals surface area contributed by atoms with Crippen LogP contribution in [0.5, 0.6) is 0 Å². The van der Waals surface area contributed by atoms with Crippen LogP contribution < -0.4 is 5.32 Å². The largest absolute Gasteiger partial charge is 0.393 e. The molecular formula is C15H18N2O4. The minimum atomic E-state index is -0.468. The molecule has 1 aromatic carbocycles. The first-order chi connectivity index (χ1) is 10.0. The van der Waals surface area contributed by atoms with Crippen molar-refractivity contribution in [2.45, 2.75) is 37.8 Å². The average Bonchev–Trinajstić information content (AvgIpc) is 2.48. The molecule has 1 amide bonds. The van der Waals surface area contributed by atoms with E-state index in [9.17, 15) is 20.0 Å². The van der Waals surface area contributed by atoms with Crippen molar-refractivity contribution in [3.8, 4) is 0 Å². The minimum absolute atomic E-state index is 0.00109. The number of carbonyl (C=O) groups is 1. The summed E-state index contributed by atoms with van der Waals surface area (Å²) in [5.74, 6) is -0.220. The zero-order valence-corrected chi connectivity index (χ0v) is 11.6. The second-order valence-electron chi connectivity index (χ2n) is 5.20. The summed E-state index contributed by atoms with van der Waals surface area (Å²) in [5, 5.41) is 22.9. The molecule has 2 N–H and O–H groups in total. The van der Waals surface area contributed by atoms with Crippen LogP contribution in [0.3, 0.4) is 0 Å². The number of carbonyl (C=O) groups excluding carboxylic acids is 1. The van der Waals surface area contributed by atoms with Gasteiger partial charge in [0.25, 0.3) is 5.69 Å². The molecule has 0 unspecified atom stereocenters. The van der Waals surface area contributed by atoms with Crippen LogP contribution in [0, 0.1) is 10.1 Å². The molecule has 0 heterocycles. The number of hydrogen-bond donors (Lipinski definition) is 2. The number of non-ortho nitro benzene ring substituents is 1. The number of nitro benzene ring substituents is 1. The molecule has 112 valence electrons. The third-order valence-electron chi connectivity index (χ3n) is 3.55. The molecule has 1 aromatic rings. The van der Waals surface area contributed by atoms with Crippen molar-refractivity contribution in [3.63, 3.8) is 0 Å². The Balaban J connectivity index is 1.90. The lowest BCUT2D eigenvalue weighted by Gasteiger charge is -2.25. The highest BCUT2D eigenvalue weighted by Gasteiger charge is 2.19. The predicted molar refractivity (Wildman–Crippen MR) is 78.5 cm³/mol. The van der Waals surface area contributed by atoms with Gasteiger partial charge in [0.15, 0.2) is 0 Å². The van der Waals surface area contributed by atoms with Gasteiger partial charge in [-0.3, -0.25) is 14.9 Å². The highest BCUT2D eigenvalue weighted by molar-refractivity contribution is 5.92. The summed E-state index contributed by atoms with van der Waals surface area (Å²) in [6.07, 6.45) is 5.65. The summed E-state index contributed by atoms with van der Waals surface area (Å²) >= 11 is 0. The molecule has 1 aliphatic carbocycles. The summed E-state index contributed by atoms with van der Waals surface area (Å²) < 4.78 is 0. The number of rotatable bonds is 4. The summed E-state index contributed by atoms with van der Waals surface area (Å²) in [6.45, 7) is 0. The highest BCUT2D eigenvalue weighted by Crippen LogP contribution is 2.18. The van der Waals surface area contributed by atoms with E-state index >= 15 is 0 Å². The van der Waals surface area contributed by atoms with E-state index in [1.165, 1.54) is 18.2 Å². The summed E-state index contributed by atoms with van der Waals surface area (Å²) in [5.41, 5.74) is 0.609. The van der Waals surface area contributed by atoms with E-state index in [0.717, 1.165) is 12.8 Å². The molecule has 1 saturated carbocycles. The molecule has 0 aliphatic heterocycles. The maximum Gasteiger partial charge on any atom is 0.270 e. The van der Waals surface area contributed by atoms with Gasteiger partial charge >= 0.3 is 0 Å². The molecular weight excluding hydrogens is 272 g/mol. The van der Waals surface area contributed by atoms with E-state index in [0.29, 0.717) is 18.4 Å². The van der Waals surface area contributed by atoms with Gasteiger partial charge in [0.1, 0.15) is 0 Å². The number of nitrogens with one attached hydrogen (secondary N) is 1. The second-order valence-corrected chi connectivity index (χ2v) is 5.20. The van der Waals surface area contributed by atoms with Crippen molar-refractivity contribution in [2.75, 3.05) is 0 Å². The van der Waals surface area contributed by atoms with Crippen molar-refractivity contribution < 1.29 is 14.8 Å². The smallest absolute Gasteiger partial charge is 0.270 e. The van der Waals surface area contributed by atoms with Crippen LogP contribution in [0.15, 0.2) is 30.3 Å². The molecule has 1 fully saturated rings. The van der Waals surface area contributed by atoms with Crippen LogP contribution in [0.4, 0.5) is 5.69 Å². The molecule has 6 nitrogen and oxygen atoms in total. The number of nitrogens with zero attached hydrogens (tertiary/aromatic N) is 1. The van der Waals surface area contributed by atoms with Gasteiger partial charge in [-0.2, -0.15) is 0 Å². The van der Waals surface area contributed by atoms with Gasteiger partial charge < -0.3 is 10.4 Å². The average molecular weight is 290 g/mol. The van der Waals surface area contributed by atoms with Crippen LogP contribution in [0.1, 0.15) is 31.2 Å². The molecule has 2 rings (SSSR count). The first-order valence-corrected chi connectivity index (χ1v) is 6.95.